The van der Waals surface area contributed by atoms with Gasteiger partial charge in [-0.2, -0.15) is 0 Å². The predicted octanol–water partition coefficient (Wildman–Crippen LogP) is 5.64. The highest BCUT2D eigenvalue weighted by Gasteiger charge is 1.99. The fraction of sp³-hybridized carbons (Fsp3) is 0.0909. The molecule has 0 unspecified atom stereocenters. The molecule has 0 aliphatic heterocycles. The smallest absolute Gasteiger partial charge is 0.00614 e. The summed E-state index contributed by atoms with van der Waals surface area (Å²) in [6.07, 6.45) is 32.9. The maximum absolute atomic E-state index is 5.48. The van der Waals surface area contributed by atoms with Crippen molar-refractivity contribution < 1.29 is 0 Å². The molecule has 112 valence electrons. The molecule has 0 saturated heterocycles. The first-order valence-corrected chi connectivity index (χ1v) is 8.30. The van der Waals surface area contributed by atoms with E-state index >= 15 is 0 Å². The van der Waals surface area contributed by atoms with Crippen molar-refractivity contribution in [3.8, 4) is 24.7 Å². The van der Waals surface area contributed by atoms with Gasteiger partial charge in [0.25, 0.3) is 0 Å². The molecule has 2 aliphatic rings. The summed E-state index contributed by atoms with van der Waals surface area (Å²) < 4.78 is 0. The molecule has 0 nitrogen and oxygen atoms in total. The second-order valence-corrected chi connectivity index (χ2v) is 5.84. The molecule has 0 heterocycles. The van der Waals surface area contributed by atoms with Crippen molar-refractivity contribution in [2.45, 2.75) is 12.8 Å². The zero-order valence-corrected chi connectivity index (χ0v) is 13.7. The highest BCUT2D eigenvalue weighted by atomic mass is 32.2. The summed E-state index contributed by atoms with van der Waals surface area (Å²) in [6.45, 7) is 0. The Labute approximate surface area is 143 Å². The number of thioether (sulfide) groups is 1. The van der Waals surface area contributed by atoms with Crippen molar-refractivity contribution in [1.29, 1.82) is 0 Å². The standard InChI is InChI=1S/C22H18S/c1-3-19-9-5-7-11-21(17-19)13-15-23-16-14-22-12-8-6-10-20(4-2)18-22/h1-2,5-16H,17-18H2/b15-13+,16-14+. The van der Waals surface area contributed by atoms with Crippen LogP contribution in [-0.4, -0.2) is 0 Å². The summed E-state index contributed by atoms with van der Waals surface area (Å²) in [5, 5.41) is 4.14. The van der Waals surface area contributed by atoms with E-state index in [2.05, 4.69) is 47.0 Å². The molecule has 0 radical (unpaired) electrons. The predicted molar refractivity (Wildman–Crippen MR) is 103 cm³/mol. The first kappa shape index (κ1) is 16.8. The molecular formula is C22H18S. The zero-order chi connectivity index (χ0) is 16.3. The fourth-order valence-corrected chi connectivity index (χ4v) is 2.70. The lowest BCUT2D eigenvalue weighted by Crippen LogP contribution is -1.81. The van der Waals surface area contributed by atoms with Gasteiger partial charge < -0.3 is 0 Å². The summed E-state index contributed by atoms with van der Waals surface area (Å²) in [7, 11) is 0. The van der Waals surface area contributed by atoms with Crippen molar-refractivity contribution in [2.75, 3.05) is 0 Å². The monoisotopic (exact) mass is 314 g/mol. The van der Waals surface area contributed by atoms with Crippen LogP contribution in [-0.2, 0) is 0 Å². The average molecular weight is 314 g/mol. The maximum atomic E-state index is 5.48. The molecule has 0 fully saturated rings. The van der Waals surface area contributed by atoms with Crippen molar-refractivity contribution in [3.05, 3.63) is 93.9 Å². The summed E-state index contributed by atoms with van der Waals surface area (Å²) in [6, 6.07) is 0. The number of rotatable bonds is 4. The molecule has 0 aromatic carbocycles. The molecule has 2 rings (SSSR count). The minimum Gasteiger partial charge on any atom is -0.115 e. The Morgan fingerprint density at radius 2 is 1.17 bits per heavy atom. The van der Waals surface area contributed by atoms with Crippen LogP contribution in [0.2, 0.25) is 0 Å². The summed E-state index contributed by atoms with van der Waals surface area (Å²) >= 11 is 1.64. The topological polar surface area (TPSA) is 0 Å². The van der Waals surface area contributed by atoms with Gasteiger partial charge in [0.15, 0.2) is 0 Å². The minimum absolute atomic E-state index is 0.802. The van der Waals surface area contributed by atoms with E-state index in [1.807, 2.05) is 36.5 Å². The molecule has 23 heavy (non-hydrogen) atoms. The van der Waals surface area contributed by atoms with Gasteiger partial charge in [-0.15, -0.1) is 24.6 Å². The van der Waals surface area contributed by atoms with E-state index in [-0.39, 0.29) is 0 Å². The Balaban J connectivity index is 1.88. The van der Waals surface area contributed by atoms with Crippen LogP contribution < -0.4 is 0 Å². The summed E-state index contributed by atoms with van der Waals surface area (Å²) in [5.74, 6) is 5.43. The Morgan fingerprint density at radius 3 is 1.61 bits per heavy atom. The molecule has 0 aromatic rings. The van der Waals surface area contributed by atoms with Crippen molar-refractivity contribution >= 4 is 11.8 Å². The molecule has 0 N–H and O–H groups in total. The van der Waals surface area contributed by atoms with Gasteiger partial charge in [0.05, 0.1) is 0 Å². The van der Waals surface area contributed by atoms with Crippen LogP contribution in [0.5, 0.6) is 0 Å². The molecule has 0 atom stereocenters. The lowest BCUT2D eigenvalue weighted by molar-refractivity contribution is 1.23. The van der Waals surface area contributed by atoms with Crippen LogP contribution in [0.25, 0.3) is 0 Å². The fourth-order valence-electron chi connectivity index (χ4n) is 2.10. The number of hydrogen-bond donors (Lipinski definition) is 0. The average Bonchev–Trinajstić information content (AvgIpc) is 2.94. The first-order valence-electron chi connectivity index (χ1n) is 7.36. The lowest BCUT2D eigenvalue weighted by atomic mass is 10.1. The van der Waals surface area contributed by atoms with E-state index in [1.165, 1.54) is 11.1 Å². The van der Waals surface area contributed by atoms with Crippen molar-refractivity contribution in [2.24, 2.45) is 0 Å². The van der Waals surface area contributed by atoms with Crippen LogP contribution >= 0.6 is 11.8 Å². The van der Waals surface area contributed by atoms with Crippen molar-refractivity contribution in [1.82, 2.24) is 0 Å². The molecule has 0 bridgehead atoms. The molecule has 0 aromatic heterocycles. The van der Waals surface area contributed by atoms with E-state index in [0.717, 1.165) is 24.0 Å². The summed E-state index contributed by atoms with van der Waals surface area (Å²) in [5.41, 5.74) is 4.41. The Morgan fingerprint density at radius 1 is 0.739 bits per heavy atom. The van der Waals surface area contributed by atoms with Crippen LogP contribution in [0.15, 0.2) is 93.9 Å². The molecule has 1 heteroatoms. The molecule has 0 amide bonds. The quantitative estimate of drug-likeness (QED) is 0.605. The second kappa shape index (κ2) is 9.42. The Hall–Kier alpha value is -2.61. The van der Waals surface area contributed by atoms with Crippen LogP contribution in [0.4, 0.5) is 0 Å². The Kier molecular flexibility index (Phi) is 6.86. The van der Waals surface area contributed by atoms with Gasteiger partial charge >= 0.3 is 0 Å². The van der Waals surface area contributed by atoms with E-state index in [9.17, 15) is 0 Å². The van der Waals surface area contributed by atoms with Gasteiger partial charge in [-0.3, -0.25) is 0 Å². The Bertz CT molecular complexity index is 694. The second-order valence-electron chi connectivity index (χ2n) is 5.02. The summed E-state index contributed by atoms with van der Waals surface area (Å²) in [4.78, 5) is 0. The third-order valence-electron chi connectivity index (χ3n) is 3.32. The van der Waals surface area contributed by atoms with E-state index < -0.39 is 0 Å². The largest absolute Gasteiger partial charge is 0.115 e. The highest BCUT2D eigenvalue weighted by molar-refractivity contribution is 8.04. The molecular weight excluding hydrogens is 296 g/mol. The SMILES string of the molecule is C#CC1=CC=CC=C(/C=C/S/C=C/C2=CC=CC=C(C#C)C2)C1. The van der Waals surface area contributed by atoms with Gasteiger partial charge in [0, 0.05) is 24.0 Å². The molecule has 2 aliphatic carbocycles. The lowest BCUT2D eigenvalue weighted by Gasteiger charge is -1.99. The van der Waals surface area contributed by atoms with Gasteiger partial charge in [-0.25, -0.2) is 0 Å². The molecule has 0 spiro atoms. The van der Waals surface area contributed by atoms with Gasteiger partial charge in [-0.05, 0) is 22.0 Å². The maximum Gasteiger partial charge on any atom is 0.00614 e. The van der Waals surface area contributed by atoms with Gasteiger partial charge in [0.2, 0.25) is 0 Å². The van der Waals surface area contributed by atoms with Gasteiger partial charge in [-0.1, -0.05) is 72.6 Å². The number of terminal acetylenes is 2. The van der Waals surface area contributed by atoms with E-state index in [4.69, 9.17) is 12.8 Å². The zero-order valence-electron chi connectivity index (χ0n) is 12.9. The molecule has 0 saturated carbocycles. The third kappa shape index (κ3) is 5.95. The third-order valence-corrected chi connectivity index (χ3v) is 3.91. The highest BCUT2D eigenvalue weighted by Crippen LogP contribution is 2.19. The first-order chi connectivity index (χ1) is 11.3. The number of allylic oxidation sites excluding steroid dienone is 14. The van der Waals surface area contributed by atoms with Gasteiger partial charge in [0.1, 0.15) is 0 Å². The van der Waals surface area contributed by atoms with Crippen LogP contribution in [0, 0.1) is 24.7 Å². The van der Waals surface area contributed by atoms with Crippen LogP contribution in [0.3, 0.4) is 0 Å². The number of hydrogen-bond acceptors (Lipinski definition) is 1. The van der Waals surface area contributed by atoms with E-state index in [0.29, 0.717) is 0 Å². The van der Waals surface area contributed by atoms with E-state index in [1.54, 1.807) is 11.8 Å². The normalized spacial score (nSPS) is 17.7. The minimum atomic E-state index is 0.802. The van der Waals surface area contributed by atoms with Crippen LogP contribution in [0.1, 0.15) is 12.8 Å². The van der Waals surface area contributed by atoms with Crippen molar-refractivity contribution in [3.63, 3.8) is 0 Å².